The number of para-hydroxylation sites is 1. The number of nitrogens with two attached hydrogens (primary N) is 1. The highest BCUT2D eigenvalue weighted by Gasteiger charge is 2.18. The number of benzene rings is 2. The van der Waals surface area contributed by atoms with Crippen LogP contribution in [0.4, 0.5) is 5.69 Å². The topological polar surface area (TPSA) is 80.5 Å². The van der Waals surface area contributed by atoms with E-state index in [9.17, 15) is 13.2 Å². The first-order valence-corrected chi connectivity index (χ1v) is 11.9. The molecule has 0 aliphatic carbocycles. The van der Waals surface area contributed by atoms with Gasteiger partial charge in [-0.3, -0.25) is 4.79 Å². The Balaban J connectivity index is 1.35. The molecular formula is C22H22N2O3S2. The van der Waals surface area contributed by atoms with Crippen molar-refractivity contribution < 1.29 is 13.2 Å². The van der Waals surface area contributed by atoms with E-state index in [0.29, 0.717) is 6.42 Å². The number of primary sulfonamides is 1. The monoisotopic (exact) mass is 426 g/mol. The van der Waals surface area contributed by atoms with Gasteiger partial charge in [0.15, 0.2) is 5.78 Å². The Kier molecular flexibility index (Phi) is 5.54. The second-order valence-electron chi connectivity index (χ2n) is 7.13. The van der Waals surface area contributed by atoms with Crippen LogP contribution >= 0.6 is 11.3 Å². The number of carbonyl (C=O) groups is 1. The number of carbonyl (C=O) groups excluding carboxylic acids is 1. The normalized spacial score (nSPS) is 13.5. The molecule has 3 aromatic rings. The minimum absolute atomic E-state index is 0.0811. The summed E-state index contributed by atoms with van der Waals surface area (Å²) >= 11 is 1.43. The van der Waals surface area contributed by atoms with Gasteiger partial charge in [0.25, 0.3) is 0 Å². The average Bonchev–Trinajstić information content (AvgIpc) is 3.35. The third-order valence-electron chi connectivity index (χ3n) is 5.16. The molecule has 2 heterocycles. The highest BCUT2D eigenvalue weighted by molar-refractivity contribution is 7.89. The van der Waals surface area contributed by atoms with Crippen molar-refractivity contribution in [1.29, 1.82) is 0 Å². The summed E-state index contributed by atoms with van der Waals surface area (Å²) in [5.41, 5.74) is 3.55. The van der Waals surface area contributed by atoms with Crippen LogP contribution < -0.4 is 10.0 Å². The molecule has 0 spiro atoms. The molecule has 5 nitrogen and oxygen atoms in total. The molecule has 2 N–H and O–H groups in total. The summed E-state index contributed by atoms with van der Waals surface area (Å²) in [7, 11) is -3.70. The van der Waals surface area contributed by atoms with Gasteiger partial charge in [-0.2, -0.15) is 0 Å². The third kappa shape index (κ3) is 4.42. The summed E-state index contributed by atoms with van der Waals surface area (Å²) in [4.78, 5) is 16.7. The average molecular weight is 427 g/mol. The number of sulfonamides is 1. The molecule has 1 aliphatic rings. The fourth-order valence-electron chi connectivity index (χ4n) is 3.64. The summed E-state index contributed by atoms with van der Waals surface area (Å²) in [5.74, 6) is 0.148. The van der Waals surface area contributed by atoms with Crippen LogP contribution in [0.2, 0.25) is 0 Å². The third-order valence-corrected chi connectivity index (χ3v) is 7.27. The van der Waals surface area contributed by atoms with Gasteiger partial charge in [0.05, 0.1) is 9.77 Å². The van der Waals surface area contributed by atoms with E-state index in [1.165, 1.54) is 34.7 Å². The lowest BCUT2D eigenvalue weighted by Gasteiger charge is -2.18. The fraction of sp³-hybridized carbons (Fsp3) is 0.227. The Morgan fingerprint density at radius 3 is 2.55 bits per heavy atom. The van der Waals surface area contributed by atoms with Crippen molar-refractivity contribution >= 4 is 32.8 Å². The van der Waals surface area contributed by atoms with Crippen LogP contribution in [0.15, 0.2) is 65.6 Å². The van der Waals surface area contributed by atoms with Crippen LogP contribution in [0.3, 0.4) is 0 Å². The Morgan fingerprint density at radius 1 is 1.03 bits per heavy atom. The van der Waals surface area contributed by atoms with Crippen LogP contribution in [-0.4, -0.2) is 27.3 Å². The maximum atomic E-state index is 12.6. The summed E-state index contributed by atoms with van der Waals surface area (Å²) in [6, 6.07) is 18.6. The molecule has 0 bridgehead atoms. The molecule has 29 heavy (non-hydrogen) atoms. The lowest BCUT2D eigenvalue weighted by Crippen LogP contribution is -2.22. The first kappa shape index (κ1) is 19.8. The van der Waals surface area contributed by atoms with Gasteiger partial charge < -0.3 is 4.90 Å². The summed E-state index contributed by atoms with van der Waals surface area (Å²) in [6.45, 7) is 1.90. The first-order chi connectivity index (χ1) is 13.9. The van der Waals surface area contributed by atoms with Crippen LogP contribution in [-0.2, 0) is 16.4 Å². The molecule has 0 radical (unpaired) electrons. The van der Waals surface area contributed by atoms with Gasteiger partial charge in [-0.05, 0) is 54.3 Å². The predicted molar refractivity (Wildman–Crippen MR) is 117 cm³/mol. The number of ketones is 1. The van der Waals surface area contributed by atoms with E-state index in [1.54, 1.807) is 12.1 Å². The van der Waals surface area contributed by atoms with E-state index >= 15 is 0 Å². The molecule has 2 aromatic carbocycles. The lowest BCUT2D eigenvalue weighted by molar-refractivity contribution is 0.0984. The van der Waals surface area contributed by atoms with Gasteiger partial charge in [-0.1, -0.05) is 30.3 Å². The van der Waals surface area contributed by atoms with Gasteiger partial charge >= 0.3 is 0 Å². The first-order valence-electron chi connectivity index (χ1n) is 9.51. The van der Waals surface area contributed by atoms with Crippen molar-refractivity contribution in [2.45, 2.75) is 24.2 Å². The highest BCUT2D eigenvalue weighted by Crippen LogP contribution is 2.30. The quantitative estimate of drug-likeness (QED) is 0.577. The summed E-state index contributed by atoms with van der Waals surface area (Å²) in [5, 5.41) is 5.13. The zero-order chi connectivity index (χ0) is 20.4. The van der Waals surface area contributed by atoms with Crippen LogP contribution in [0.25, 0.3) is 10.4 Å². The molecular weight excluding hydrogens is 404 g/mol. The molecule has 0 saturated heterocycles. The maximum Gasteiger partial charge on any atom is 0.238 e. The number of thiophene rings is 1. The molecule has 7 heteroatoms. The number of hydrogen-bond acceptors (Lipinski definition) is 5. The Labute approximate surface area is 174 Å². The zero-order valence-corrected chi connectivity index (χ0v) is 17.5. The highest BCUT2D eigenvalue weighted by atomic mass is 32.2. The van der Waals surface area contributed by atoms with Crippen molar-refractivity contribution in [2.75, 3.05) is 18.0 Å². The molecule has 0 unspecified atom stereocenters. The molecule has 1 aromatic heterocycles. The number of rotatable bonds is 7. The molecule has 0 amide bonds. The van der Waals surface area contributed by atoms with Crippen molar-refractivity contribution in [3.8, 4) is 10.4 Å². The van der Waals surface area contributed by atoms with Gasteiger partial charge in [0, 0.05) is 30.1 Å². The van der Waals surface area contributed by atoms with Crippen molar-refractivity contribution in [3.63, 3.8) is 0 Å². The molecule has 4 rings (SSSR count). The molecule has 0 saturated carbocycles. The largest absolute Gasteiger partial charge is 0.371 e. The number of nitrogens with zero attached hydrogens (tertiary/aromatic N) is 1. The van der Waals surface area contributed by atoms with E-state index in [0.717, 1.165) is 41.2 Å². The second-order valence-corrected chi connectivity index (χ2v) is 9.77. The van der Waals surface area contributed by atoms with Crippen molar-refractivity contribution in [1.82, 2.24) is 0 Å². The van der Waals surface area contributed by atoms with Crippen LogP contribution in [0.5, 0.6) is 0 Å². The molecule has 0 atom stereocenters. The SMILES string of the molecule is NS(=O)(=O)c1ccc(-c2ccc(C(=O)CCCN3CCc4ccccc43)s2)cc1. The predicted octanol–water partition coefficient (Wildman–Crippen LogP) is 4.09. The number of Topliss-reactive ketones (excluding diaryl/α,β-unsaturated/α-hetero) is 1. The molecule has 0 fully saturated rings. The lowest BCUT2D eigenvalue weighted by atomic mass is 10.1. The van der Waals surface area contributed by atoms with Crippen LogP contribution in [0, 0.1) is 0 Å². The Bertz CT molecular complexity index is 1130. The second kappa shape index (κ2) is 8.10. The van der Waals surface area contributed by atoms with Crippen molar-refractivity contribution in [2.24, 2.45) is 5.14 Å². The molecule has 150 valence electrons. The minimum Gasteiger partial charge on any atom is -0.371 e. The fourth-order valence-corrected chi connectivity index (χ4v) is 5.14. The molecule has 1 aliphatic heterocycles. The number of fused-ring (bicyclic) bond motifs is 1. The minimum atomic E-state index is -3.70. The van der Waals surface area contributed by atoms with Gasteiger partial charge in [0.2, 0.25) is 10.0 Å². The van der Waals surface area contributed by atoms with Gasteiger partial charge in [-0.25, -0.2) is 13.6 Å². The van der Waals surface area contributed by atoms with E-state index in [1.807, 2.05) is 12.1 Å². The smallest absolute Gasteiger partial charge is 0.238 e. The maximum absolute atomic E-state index is 12.6. The zero-order valence-electron chi connectivity index (χ0n) is 15.9. The van der Waals surface area contributed by atoms with E-state index < -0.39 is 10.0 Å². The van der Waals surface area contributed by atoms with E-state index in [2.05, 4.69) is 29.2 Å². The Hall–Kier alpha value is -2.48. The number of anilines is 1. The van der Waals surface area contributed by atoms with Crippen LogP contribution in [0.1, 0.15) is 28.1 Å². The Morgan fingerprint density at radius 2 is 1.79 bits per heavy atom. The summed E-state index contributed by atoms with van der Waals surface area (Å²) in [6.07, 6.45) is 2.41. The standard InChI is InChI=1S/C22H22N2O3S2/c23-29(26,27)18-9-7-17(8-10-18)21-11-12-22(28-21)20(25)6-3-14-24-15-13-16-4-1-2-5-19(16)24/h1-2,4-5,7-12H,3,6,13-15H2,(H2,23,26,27). The number of hydrogen-bond donors (Lipinski definition) is 1. The van der Waals surface area contributed by atoms with Gasteiger partial charge in [-0.15, -0.1) is 11.3 Å². The van der Waals surface area contributed by atoms with E-state index in [-0.39, 0.29) is 10.7 Å². The van der Waals surface area contributed by atoms with E-state index in [4.69, 9.17) is 5.14 Å². The van der Waals surface area contributed by atoms with Crippen molar-refractivity contribution in [3.05, 3.63) is 71.1 Å². The van der Waals surface area contributed by atoms with Gasteiger partial charge in [0.1, 0.15) is 0 Å². The summed E-state index contributed by atoms with van der Waals surface area (Å²) < 4.78 is 22.7.